The van der Waals surface area contributed by atoms with E-state index in [0.717, 1.165) is 55.3 Å². The van der Waals surface area contributed by atoms with Crippen LogP contribution in [0.25, 0.3) is 98.8 Å². The van der Waals surface area contributed by atoms with Crippen LogP contribution >= 0.6 is 11.3 Å². The lowest BCUT2D eigenvalue weighted by Crippen LogP contribution is -2.00. The van der Waals surface area contributed by atoms with E-state index >= 15 is 0 Å². The van der Waals surface area contributed by atoms with Crippen LogP contribution in [0.4, 0.5) is 0 Å². The zero-order valence-corrected chi connectivity index (χ0v) is 27.4. The molecule has 0 N–H and O–H groups in total. The van der Waals surface area contributed by atoms with Crippen LogP contribution in [0.15, 0.2) is 162 Å². The highest BCUT2D eigenvalue weighted by Crippen LogP contribution is 2.45. The van der Waals surface area contributed by atoms with Crippen molar-refractivity contribution in [1.82, 2.24) is 19.9 Å². The smallest absolute Gasteiger partial charge is 0.227 e. The number of hydrogen-bond acceptors (Lipinski definition) is 6. The third kappa shape index (κ3) is 4.85. The first-order chi connectivity index (χ1) is 24.7. The average Bonchev–Trinajstić information content (AvgIpc) is 3.79. The zero-order chi connectivity index (χ0) is 33.0. The number of benzene rings is 7. The Bertz CT molecular complexity index is 2810. The Morgan fingerprint density at radius 3 is 1.62 bits per heavy atom. The van der Waals surface area contributed by atoms with Gasteiger partial charge in [-0.2, -0.15) is 0 Å². The molecule has 0 bridgehead atoms. The molecule has 0 fully saturated rings. The maximum absolute atomic E-state index is 6.43. The van der Waals surface area contributed by atoms with Gasteiger partial charge in [-0.25, -0.2) is 19.9 Å². The van der Waals surface area contributed by atoms with Gasteiger partial charge in [-0.3, -0.25) is 0 Å². The third-order valence-corrected chi connectivity index (χ3v) is 10.3. The Labute approximate surface area is 291 Å². The zero-order valence-electron chi connectivity index (χ0n) is 26.6. The molecule has 10 aromatic rings. The summed E-state index contributed by atoms with van der Waals surface area (Å²) in [5.41, 5.74) is 7.61. The van der Waals surface area contributed by atoms with E-state index < -0.39 is 0 Å². The van der Waals surface area contributed by atoms with E-state index in [4.69, 9.17) is 24.4 Å². The number of hydrogen-bond donors (Lipinski definition) is 0. The van der Waals surface area contributed by atoms with Gasteiger partial charge in [0.05, 0.1) is 0 Å². The van der Waals surface area contributed by atoms with Crippen LogP contribution in [0.2, 0.25) is 0 Å². The predicted octanol–water partition coefficient (Wildman–Crippen LogP) is 11.9. The molecule has 0 unspecified atom stereocenters. The van der Waals surface area contributed by atoms with E-state index in [1.807, 2.05) is 91.0 Å². The molecule has 0 atom stereocenters. The molecule has 0 saturated heterocycles. The SMILES string of the molecule is c1ccc(-c2nc(-c3ccccc3)nc(-c3ccc4cc(-c5c6nc(-c7ccccc7)oc6cc6sc7ccccc7c56)ccc4c3)n2)cc1. The van der Waals surface area contributed by atoms with Crippen molar-refractivity contribution in [2.24, 2.45) is 0 Å². The van der Waals surface area contributed by atoms with E-state index in [0.29, 0.717) is 23.4 Å². The van der Waals surface area contributed by atoms with E-state index in [2.05, 4.69) is 66.7 Å². The van der Waals surface area contributed by atoms with Crippen LogP contribution in [0.5, 0.6) is 0 Å². The first kappa shape index (κ1) is 28.5. The van der Waals surface area contributed by atoms with Gasteiger partial charge in [-0.15, -0.1) is 11.3 Å². The highest BCUT2D eigenvalue weighted by atomic mass is 32.1. The van der Waals surface area contributed by atoms with Crippen molar-refractivity contribution in [3.63, 3.8) is 0 Å². The second-order valence-corrected chi connectivity index (χ2v) is 13.4. The van der Waals surface area contributed by atoms with Gasteiger partial charge in [0, 0.05) is 54.1 Å². The number of nitrogens with zero attached hydrogens (tertiary/aromatic N) is 4. The molecule has 3 heterocycles. The molecule has 10 rings (SSSR count). The second kappa shape index (κ2) is 11.6. The predicted molar refractivity (Wildman–Crippen MR) is 205 cm³/mol. The largest absolute Gasteiger partial charge is 0.436 e. The molecule has 0 aliphatic heterocycles. The van der Waals surface area contributed by atoms with E-state index in [1.54, 1.807) is 11.3 Å². The van der Waals surface area contributed by atoms with Gasteiger partial charge in [0.25, 0.3) is 0 Å². The van der Waals surface area contributed by atoms with Crippen LogP contribution < -0.4 is 0 Å². The summed E-state index contributed by atoms with van der Waals surface area (Å²) >= 11 is 1.79. The Balaban J connectivity index is 1.14. The Hall–Kier alpha value is -6.50. The summed E-state index contributed by atoms with van der Waals surface area (Å²) in [6, 6.07) is 54.0. The van der Waals surface area contributed by atoms with Crippen molar-refractivity contribution in [1.29, 1.82) is 0 Å². The summed E-state index contributed by atoms with van der Waals surface area (Å²) in [4.78, 5) is 19.9. The van der Waals surface area contributed by atoms with Crippen molar-refractivity contribution in [2.45, 2.75) is 0 Å². The van der Waals surface area contributed by atoms with Gasteiger partial charge >= 0.3 is 0 Å². The molecule has 0 aliphatic carbocycles. The molecule has 50 heavy (non-hydrogen) atoms. The molecule has 234 valence electrons. The quantitative estimate of drug-likeness (QED) is 0.184. The lowest BCUT2D eigenvalue weighted by molar-refractivity contribution is 0.620. The third-order valence-electron chi connectivity index (χ3n) is 9.13. The van der Waals surface area contributed by atoms with Crippen molar-refractivity contribution in [3.8, 4) is 56.7 Å². The van der Waals surface area contributed by atoms with Crippen molar-refractivity contribution >= 4 is 53.4 Å². The molecular formula is C44H26N4OS. The van der Waals surface area contributed by atoms with Crippen LogP contribution in [0.1, 0.15) is 0 Å². The fourth-order valence-electron chi connectivity index (χ4n) is 6.73. The molecule has 3 aromatic heterocycles. The highest BCUT2D eigenvalue weighted by Gasteiger charge is 2.21. The van der Waals surface area contributed by atoms with Crippen molar-refractivity contribution in [3.05, 3.63) is 158 Å². The van der Waals surface area contributed by atoms with Gasteiger partial charge in [0.15, 0.2) is 23.1 Å². The number of rotatable bonds is 5. The Kier molecular flexibility index (Phi) is 6.60. The maximum atomic E-state index is 6.43. The molecule has 0 spiro atoms. The van der Waals surface area contributed by atoms with Gasteiger partial charge in [0.1, 0.15) is 5.52 Å². The molecule has 6 heteroatoms. The fourth-order valence-corrected chi connectivity index (χ4v) is 7.88. The first-order valence-corrected chi connectivity index (χ1v) is 17.3. The standard InChI is InChI=1S/C44H26N4OS/c1-4-12-27(13-5-1)41-46-42(28-14-6-2-7-15-28)48-43(47-41)33-23-21-30-24-32(22-20-31(30)25-33)38-39-34-18-10-11-19-36(34)50-37(39)26-35-40(38)45-44(49-35)29-16-8-3-9-17-29/h1-26H. The van der Waals surface area contributed by atoms with Crippen LogP contribution in [-0.2, 0) is 0 Å². The number of aromatic nitrogens is 4. The topological polar surface area (TPSA) is 64.7 Å². The van der Waals surface area contributed by atoms with Crippen LogP contribution in [-0.4, -0.2) is 19.9 Å². The molecule has 7 aromatic carbocycles. The fraction of sp³-hybridized carbons (Fsp3) is 0. The number of fused-ring (bicyclic) bond motifs is 5. The minimum Gasteiger partial charge on any atom is -0.436 e. The number of thiophene rings is 1. The molecular weight excluding hydrogens is 633 g/mol. The first-order valence-electron chi connectivity index (χ1n) is 16.5. The Morgan fingerprint density at radius 1 is 0.420 bits per heavy atom. The monoisotopic (exact) mass is 658 g/mol. The molecule has 0 saturated carbocycles. The van der Waals surface area contributed by atoms with Gasteiger partial charge < -0.3 is 4.42 Å². The summed E-state index contributed by atoms with van der Waals surface area (Å²) in [5.74, 6) is 2.55. The summed E-state index contributed by atoms with van der Waals surface area (Å²) in [6.07, 6.45) is 0. The lowest BCUT2D eigenvalue weighted by Gasteiger charge is -2.10. The normalized spacial score (nSPS) is 11.6. The highest BCUT2D eigenvalue weighted by molar-refractivity contribution is 7.26. The summed E-state index contributed by atoms with van der Waals surface area (Å²) in [6.45, 7) is 0. The second-order valence-electron chi connectivity index (χ2n) is 12.3. The lowest BCUT2D eigenvalue weighted by atomic mass is 9.95. The minimum absolute atomic E-state index is 0.622. The van der Waals surface area contributed by atoms with Crippen LogP contribution in [0, 0.1) is 0 Å². The molecule has 0 radical (unpaired) electrons. The maximum Gasteiger partial charge on any atom is 0.227 e. The van der Waals surface area contributed by atoms with Crippen molar-refractivity contribution < 1.29 is 4.42 Å². The molecule has 0 amide bonds. The minimum atomic E-state index is 0.622. The van der Waals surface area contributed by atoms with Gasteiger partial charge in [0.2, 0.25) is 5.89 Å². The van der Waals surface area contributed by atoms with E-state index in [-0.39, 0.29) is 0 Å². The summed E-state index contributed by atoms with van der Waals surface area (Å²) in [7, 11) is 0. The molecule has 5 nitrogen and oxygen atoms in total. The average molecular weight is 659 g/mol. The molecule has 0 aliphatic rings. The van der Waals surface area contributed by atoms with Crippen molar-refractivity contribution in [2.75, 3.05) is 0 Å². The van der Waals surface area contributed by atoms with Gasteiger partial charge in [-0.1, -0.05) is 121 Å². The Morgan fingerprint density at radius 2 is 0.960 bits per heavy atom. The van der Waals surface area contributed by atoms with E-state index in [1.165, 1.54) is 20.2 Å². The van der Waals surface area contributed by atoms with Gasteiger partial charge in [-0.05, 0) is 46.7 Å². The van der Waals surface area contributed by atoms with Crippen LogP contribution in [0.3, 0.4) is 0 Å². The number of oxazole rings is 1. The summed E-state index contributed by atoms with van der Waals surface area (Å²) < 4.78 is 8.85. The summed E-state index contributed by atoms with van der Waals surface area (Å²) in [5, 5.41) is 4.64. The van der Waals surface area contributed by atoms with E-state index in [9.17, 15) is 0 Å².